The number of aromatic amines is 1. The summed E-state index contributed by atoms with van der Waals surface area (Å²) in [6.45, 7) is 1.90. The van der Waals surface area contributed by atoms with E-state index in [0.29, 0.717) is 17.1 Å². The first-order chi connectivity index (χ1) is 10.9. The van der Waals surface area contributed by atoms with E-state index in [-0.39, 0.29) is 9.73 Å². The molecule has 1 heterocycles. The van der Waals surface area contributed by atoms with E-state index >= 15 is 0 Å². The Balaban J connectivity index is 1.82. The standard InChI is InChI=1S/C15H13N3O3S2/c1-10-2-8-13(9-3-10)23(19,20)18-12-6-4-11(5-7-12)14-16-17-15(22)21-14/h2-9,18H,1H3,(H,17,22). The maximum atomic E-state index is 12.3. The van der Waals surface area contributed by atoms with Crippen molar-refractivity contribution in [3.8, 4) is 11.5 Å². The molecule has 3 rings (SSSR count). The van der Waals surface area contributed by atoms with Crippen LogP contribution < -0.4 is 4.72 Å². The van der Waals surface area contributed by atoms with Gasteiger partial charge in [-0.25, -0.2) is 13.5 Å². The summed E-state index contributed by atoms with van der Waals surface area (Å²) in [6, 6.07) is 13.3. The molecule has 0 aliphatic rings. The lowest BCUT2D eigenvalue weighted by Gasteiger charge is -2.08. The molecule has 0 unspecified atom stereocenters. The fourth-order valence-corrected chi connectivity index (χ4v) is 3.15. The minimum absolute atomic E-state index is 0.184. The molecule has 2 aromatic carbocycles. The van der Waals surface area contributed by atoms with Gasteiger partial charge in [0.05, 0.1) is 4.90 Å². The summed E-state index contributed by atoms with van der Waals surface area (Å²) >= 11 is 4.82. The van der Waals surface area contributed by atoms with Crippen LogP contribution in [-0.2, 0) is 10.0 Å². The van der Waals surface area contributed by atoms with Gasteiger partial charge in [0.15, 0.2) is 0 Å². The highest BCUT2D eigenvalue weighted by Gasteiger charge is 2.14. The van der Waals surface area contributed by atoms with Crippen molar-refractivity contribution in [2.24, 2.45) is 0 Å². The smallest absolute Gasteiger partial charge is 0.284 e. The molecule has 0 saturated carbocycles. The SMILES string of the molecule is Cc1ccc(S(=O)(=O)Nc2ccc(-c3n[nH]c(=S)o3)cc2)cc1. The van der Waals surface area contributed by atoms with Gasteiger partial charge in [0, 0.05) is 11.3 Å². The van der Waals surface area contributed by atoms with Crippen LogP contribution in [0.5, 0.6) is 0 Å². The van der Waals surface area contributed by atoms with Crippen molar-refractivity contribution in [2.45, 2.75) is 11.8 Å². The fourth-order valence-electron chi connectivity index (χ4n) is 1.97. The first-order valence-electron chi connectivity index (χ1n) is 6.69. The van der Waals surface area contributed by atoms with E-state index in [2.05, 4.69) is 14.9 Å². The van der Waals surface area contributed by atoms with Gasteiger partial charge in [-0.3, -0.25) is 4.72 Å². The lowest BCUT2D eigenvalue weighted by molar-refractivity contribution is 0.552. The highest BCUT2D eigenvalue weighted by atomic mass is 32.2. The second-order valence-corrected chi connectivity index (χ2v) is 6.97. The molecule has 0 saturated heterocycles. The van der Waals surface area contributed by atoms with Gasteiger partial charge in [-0.2, -0.15) is 0 Å². The molecule has 0 spiro atoms. The summed E-state index contributed by atoms with van der Waals surface area (Å²) in [5.41, 5.74) is 2.14. The number of benzene rings is 2. The largest absolute Gasteiger partial charge is 0.409 e. The number of hydrogen-bond donors (Lipinski definition) is 2. The van der Waals surface area contributed by atoms with Gasteiger partial charge in [-0.1, -0.05) is 17.7 Å². The van der Waals surface area contributed by atoms with Crippen LogP contribution in [0.4, 0.5) is 5.69 Å². The van der Waals surface area contributed by atoms with Gasteiger partial charge < -0.3 is 4.42 Å². The molecule has 0 fully saturated rings. The minimum atomic E-state index is -3.62. The van der Waals surface area contributed by atoms with Gasteiger partial charge in [0.25, 0.3) is 14.9 Å². The number of nitrogens with one attached hydrogen (secondary N) is 2. The Morgan fingerprint density at radius 3 is 2.30 bits per heavy atom. The first-order valence-corrected chi connectivity index (χ1v) is 8.59. The van der Waals surface area contributed by atoms with Crippen LogP contribution in [0.2, 0.25) is 0 Å². The molecule has 0 radical (unpaired) electrons. The third kappa shape index (κ3) is 3.49. The van der Waals surface area contributed by atoms with E-state index in [9.17, 15) is 8.42 Å². The fraction of sp³-hybridized carbons (Fsp3) is 0.0667. The van der Waals surface area contributed by atoms with Crippen molar-refractivity contribution < 1.29 is 12.8 Å². The number of H-pyrrole nitrogens is 1. The third-order valence-corrected chi connectivity index (χ3v) is 4.73. The van der Waals surface area contributed by atoms with Crippen molar-refractivity contribution >= 4 is 27.9 Å². The van der Waals surface area contributed by atoms with Crippen molar-refractivity contribution in [2.75, 3.05) is 4.72 Å². The Labute approximate surface area is 138 Å². The van der Waals surface area contributed by atoms with Crippen molar-refractivity contribution in [3.05, 3.63) is 58.9 Å². The quantitative estimate of drug-likeness (QED) is 0.705. The molecular weight excluding hydrogens is 334 g/mol. The number of aryl methyl sites for hydroxylation is 1. The van der Waals surface area contributed by atoms with Gasteiger partial charge in [0.1, 0.15) is 0 Å². The van der Waals surface area contributed by atoms with E-state index in [0.717, 1.165) is 5.56 Å². The molecule has 3 aromatic rings. The van der Waals surface area contributed by atoms with Gasteiger partial charge in [-0.15, -0.1) is 5.10 Å². The molecular formula is C15H13N3O3S2. The Morgan fingerprint density at radius 2 is 1.74 bits per heavy atom. The summed E-state index contributed by atoms with van der Waals surface area (Å²) in [4.78, 5) is 0.398. The minimum Gasteiger partial charge on any atom is -0.409 e. The summed E-state index contributed by atoms with van der Waals surface area (Å²) < 4.78 is 32.4. The summed E-state index contributed by atoms with van der Waals surface area (Å²) in [5, 5.41) is 6.44. The third-order valence-electron chi connectivity index (χ3n) is 3.15. The molecule has 0 amide bonds. The number of aromatic nitrogens is 2. The highest BCUT2D eigenvalue weighted by Crippen LogP contribution is 2.21. The molecule has 0 aliphatic heterocycles. The Kier molecular flexibility index (Phi) is 4.01. The van der Waals surface area contributed by atoms with Crippen LogP contribution in [0, 0.1) is 11.8 Å². The predicted octanol–water partition coefficient (Wildman–Crippen LogP) is 3.51. The van der Waals surface area contributed by atoms with E-state index in [1.165, 1.54) is 0 Å². The van der Waals surface area contributed by atoms with E-state index in [4.69, 9.17) is 16.6 Å². The molecule has 8 heteroatoms. The molecule has 2 N–H and O–H groups in total. The van der Waals surface area contributed by atoms with Gasteiger partial charge in [0.2, 0.25) is 5.89 Å². The highest BCUT2D eigenvalue weighted by molar-refractivity contribution is 7.92. The summed E-state index contributed by atoms with van der Waals surface area (Å²) in [5.74, 6) is 0.350. The zero-order valence-electron chi connectivity index (χ0n) is 12.1. The summed E-state index contributed by atoms with van der Waals surface area (Å²) in [7, 11) is -3.62. The average molecular weight is 347 g/mol. The predicted molar refractivity (Wildman–Crippen MR) is 89.1 cm³/mol. The van der Waals surface area contributed by atoms with Crippen LogP contribution in [0.25, 0.3) is 11.5 Å². The lowest BCUT2D eigenvalue weighted by atomic mass is 10.2. The van der Waals surface area contributed by atoms with Gasteiger partial charge >= 0.3 is 0 Å². The Hall–Kier alpha value is -2.45. The molecule has 0 aliphatic carbocycles. The monoisotopic (exact) mass is 347 g/mol. The maximum Gasteiger partial charge on any atom is 0.284 e. The summed E-state index contributed by atoms with van der Waals surface area (Å²) in [6.07, 6.45) is 0. The Bertz CT molecular complexity index is 972. The number of hydrogen-bond acceptors (Lipinski definition) is 5. The molecule has 0 atom stereocenters. The second-order valence-electron chi connectivity index (χ2n) is 4.91. The molecule has 6 nitrogen and oxygen atoms in total. The zero-order valence-corrected chi connectivity index (χ0v) is 13.7. The topological polar surface area (TPSA) is 88.0 Å². The number of sulfonamides is 1. The number of anilines is 1. The van der Waals surface area contributed by atoms with Crippen molar-refractivity contribution in [1.29, 1.82) is 0 Å². The number of nitrogens with zero attached hydrogens (tertiary/aromatic N) is 1. The number of rotatable bonds is 4. The Morgan fingerprint density at radius 1 is 1.09 bits per heavy atom. The van der Waals surface area contributed by atoms with Crippen LogP contribution in [0.1, 0.15) is 5.56 Å². The second kappa shape index (κ2) is 5.98. The van der Waals surface area contributed by atoms with Crippen LogP contribution in [0.15, 0.2) is 57.8 Å². The average Bonchev–Trinajstić information content (AvgIpc) is 2.95. The van der Waals surface area contributed by atoms with Crippen LogP contribution in [0.3, 0.4) is 0 Å². The van der Waals surface area contributed by atoms with Gasteiger partial charge in [-0.05, 0) is 55.5 Å². The molecule has 23 heavy (non-hydrogen) atoms. The normalized spacial score (nSPS) is 11.3. The molecule has 118 valence electrons. The van der Waals surface area contributed by atoms with E-state index in [1.807, 2.05) is 6.92 Å². The van der Waals surface area contributed by atoms with Crippen LogP contribution >= 0.6 is 12.2 Å². The van der Waals surface area contributed by atoms with E-state index in [1.54, 1.807) is 48.5 Å². The molecule has 1 aromatic heterocycles. The van der Waals surface area contributed by atoms with E-state index < -0.39 is 10.0 Å². The zero-order chi connectivity index (χ0) is 16.4. The van der Waals surface area contributed by atoms with Crippen molar-refractivity contribution in [1.82, 2.24) is 10.2 Å². The lowest BCUT2D eigenvalue weighted by Crippen LogP contribution is -2.12. The van der Waals surface area contributed by atoms with Crippen LogP contribution in [-0.4, -0.2) is 18.6 Å². The molecule has 0 bridgehead atoms. The first kappa shape index (κ1) is 15.4. The van der Waals surface area contributed by atoms with Crippen molar-refractivity contribution in [3.63, 3.8) is 0 Å². The maximum absolute atomic E-state index is 12.3.